The molecule has 2 amide bonds. The Labute approximate surface area is 289 Å². The minimum atomic E-state index is -3.81. The number of nitrogens with zero attached hydrogens (tertiary/aromatic N) is 1. The van der Waals surface area contributed by atoms with Gasteiger partial charge in [0, 0.05) is 43.4 Å². The van der Waals surface area contributed by atoms with Gasteiger partial charge in [0.1, 0.15) is 11.6 Å². The molecule has 0 heterocycles. The number of hydrogen-bond acceptors (Lipinski definition) is 6. The first-order valence-corrected chi connectivity index (χ1v) is 18.6. The summed E-state index contributed by atoms with van der Waals surface area (Å²) in [6.45, 7) is 10.9. The van der Waals surface area contributed by atoms with Gasteiger partial charge >= 0.3 is 0 Å². The summed E-state index contributed by atoms with van der Waals surface area (Å²) in [6, 6.07) is 14.1. The van der Waals surface area contributed by atoms with Crippen molar-refractivity contribution in [2.45, 2.75) is 79.0 Å². The van der Waals surface area contributed by atoms with Gasteiger partial charge in [-0.1, -0.05) is 58.9 Å². The highest BCUT2D eigenvalue weighted by atomic mass is 32.2. The van der Waals surface area contributed by atoms with Gasteiger partial charge in [-0.15, -0.1) is 0 Å². The van der Waals surface area contributed by atoms with E-state index >= 15 is 0 Å². The molecule has 3 rings (SSSR count). The van der Waals surface area contributed by atoms with E-state index in [9.17, 15) is 31.9 Å². The third-order valence-corrected chi connectivity index (χ3v) is 9.44. The summed E-state index contributed by atoms with van der Waals surface area (Å²) >= 11 is 0. The van der Waals surface area contributed by atoms with E-state index in [-0.39, 0.29) is 52.9 Å². The van der Waals surface area contributed by atoms with Gasteiger partial charge in [-0.25, -0.2) is 17.2 Å². The summed E-state index contributed by atoms with van der Waals surface area (Å²) in [6.07, 6.45) is 0.985. The normalized spacial score (nSPS) is 12.8. The Kier molecular flexibility index (Phi) is 15.2. The van der Waals surface area contributed by atoms with Crippen molar-refractivity contribution in [3.8, 4) is 0 Å². The summed E-state index contributed by atoms with van der Waals surface area (Å²) < 4.78 is 56.5. The van der Waals surface area contributed by atoms with Gasteiger partial charge in [-0.2, -0.15) is 0 Å². The van der Waals surface area contributed by atoms with Gasteiger partial charge in [0.05, 0.1) is 23.6 Å². The molecule has 0 aromatic heterocycles. The molecule has 2 atom stereocenters. The van der Waals surface area contributed by atoms with Gasteiger partial charge in [-0.3, -0.25) is 14.3 Å². The average molecular weight is 701 g/mol. The lowest BCUT2D eigenvalue weighted by atomic mass is 9.99. The number of aliphatic hydroxyl groups is 1. The minimum absolute atomic E-state index is 0.0204. The van der Waals surface area contributed by atoms with Crippen molar-refractivity contribution in [1.29, 1.82) is 0 Å². The molecule has 0 saturated carbocycles. The molecule has 3 aromatic rings. The predicted molar refractivity (Wildman–Crippen MR) is 190 cm³/mol. The maximum atomic E-state index is 14.1. The Bertz CT molecular complexity index is 1640. The molecular weight excluding hydrogens is 650 g/mol. The highest BCUT2D eigenvalue weighted by Crippen LogP contribution is 2.21. The number of amides is 2. The van der Waals surface area contributed by atoms with Crippen LogP contribution in [-0.4, -0.2) is 67.8 Å². The zero-order chi connectivity index (χ0) is 36.1. The van der Waals surface area contributed by atoms with Crippen molar-refractivity contribution in [3.05, 3.63) is 100 Å². The van der Waals surface area contributed by atoms with Crippen molar-refractivity contribution < 1.29 is 31.9 Å². The number of carbonyl (C=O) groups is 2. The van der Waals surface area contributed by atoms with Gasteiger partial charge < -0.3 is 20.6 Å². The van der Waals surface area contributed by atoms with Gasteiger partial charge in [0.25, 0.3) is 11.8 Å². The average Bonchev–Trinajstić information content (AvgIpc) is 3.02. The van der Waals surface area contributed by atoms with Crippen LogP contribution in [0.5, 0.6) is 0 Å². The van der Waals surface area contributed by atoms with Crippen LogP contribution in [0.15, 0.2) is 60.7 Å². The monoisotopic (exact) mass is 700 g/mol. The first-order valence-electron chi connectivity index (χ1n) is 16.9. The number of nitrogens with one attached hydrogen (secondary N) is 3. The van der Waals surface area contributed by atoms with E-state index in [0.29, 0.717) is 32.5 Å². The first kappa shape index (κ1) is 39.6. The number of halogens is 2. The molecule has 0 unspecified atom stereocenters. The van der Waals surface area contributed by atoms with Crippen LogP contribution < -0.4 is 15.4 Å². The van der Waals surface area contributed by atoms with E-state index in [0.717, 1.165) is 35.7 Å². The summed E-state index contributed by atoms with van der Waals surface area (Å²) in [5.74, 6) is -2.99. The van der Waals surface area contributed by atoms with Crippen LogP contribution in [-0.2, 0) is 29.4 Å². The molecule has 0 fully saturated rings. The number of aryl methyl sites for hydroxylation is 1. The molecule has 49 heavy (non-hydrogen) atoms. The second-order valence-corrected chi connectivity index (χ2v) is 14.6. The standard InChI is InChI=1S/C37H50F2N4O5S/c1-6-12-43(13-7-2)37(46)30-18-29(19-33(20-30)42-49(47,48)24-25(4)5)36(45)41-34(17-28-15-31(38)21-32(39)16-28)35(44)23-40-22-27-11-9-10-26(8-3)14-27/h9-11,14-16,18-21,25,34-35,40,42,44H,6-8,12-13,17,22-24H2,1-5H3,(H,41,45)/t34-,35+/m0/s1. The smallest absolute Gasteiger partial charge is 0.253 e. The zero-order valence-electron chi connectivity index (χ0n) is 29.1. The Balaban J connectivity index is 1.95. The molecular formula is C37H50F2N4O5S. The second kappa shape index (κ2) is 18.8. The molecule has 0 aliphatic heterocycles. The van der Waals surface area contributed by atoms with E-state index in [4.69, 9.17) is 0 Å². The van der Waals surface area contributed by atoms with Crippen molar-refractivity contribution in [2.75, 3.05) is 30.1 Å². The third-order valence-electron chi connectivity index (χ3n) is 7.78. The number of aliphatic hydroxyl groups excluding tert-OH is 1. The zero-order valence-corrected chi connectivity index (χ0v) is 29.9. The van der Waals surface area contributed by atoms with Crippen LogP contribution >= 0.6 is 0 Å². The highest BCUT2D eigenvalue weighted by molar-refractivity contribution is 7.92. The third kappa shape index (κ3) is 12.8. The van der Waals surface area contributed by atoms with Crippen LogP contribution in [0.25, 0.3) is 0 Å². The van der Waals surface area contributed by atoms with E-state index in [1.165, 1.54) is 18.2 Å². The topological polar surface area (TPSA) is 128 Å². The Morgan fingerprint density at radius 3 is 2.10 bits per heavy atom. The van der Waals surface area contributed by atoms with Gasteiger partial charge in [0.2, 0.25) is 10.0 Å². The molecule has 0 aliphatic rings. The predicted octanol–water partition coefficient (Wildman–Crippen LogP) is 5.68. The van der Waals surface area contributed by atoms with E-state index < -0.39 is 39.7 Å². The summed E-state index contributed by atoms with van der Waals surface area (Å²) in [5.41, 5.74) is 2.54. The number of sulfonamides is 1. The lowest BCUT2D eigenvalue weighted by molar-refractivity contribution is 0.0755. The van der Waals surface area contributed by atoms with Crippen molar-refractivity contribution in [2.24, 2.45) is 5.92 Å². The number of rotatable bonds is 19. The lowest BCUT2D eigenvalue weighted by Gasteiger charge is -2.26. The summed E-state index contributed by atoms with van der Waals surface area (Å²) in [4.78, 5) is 29.1. The Morgan fingerprint density at radius 1 is 0.857 bits per heavy atom. The molecule has 0 radical (unpaired) electrons. The fourth-order valence-electron chi connectivity index (χ4n) is 5.62. The van der Waals surface area contributed by atoms with Crippen LogP contribution in [0.4, 0.5) is 14.5 Å². The molecule has 9 nitrogen and oxygen atoms in total. The largest absolute Gasteiger partial charge is 0.390 e. The number of carbonyl (C=O) groups excluding carboxylic acids is 2. The maximum Gasteiger partial charge on any atom is 0.253 e. The molecule has 268 valence electrons. The van der Waals surface area contributed by atoms with Crippen LogP contribution in [0.1, 0.15) is 84.9 Å². The quantitative estimate of drug-likeness (QED) is 0.128. The SMILES string of the molecule is CCCN(CCC)C(=O)c1cc(NS(=O)(=O)CC(C)C)cc(C(=O)N[C@@H](Cc2cc(F)cc(F)c2)[C@H](O)CNCc2cccc(CC)c2)c1. The van der Waals surface area contributed by atoms with E-state index in [2.05, 4.69) is 28.3 Å². The minimum Gasteiger partial charge on any atom is -0.390 e. The van der Waals surface area contributed by atoms with Gasteiger partial charge in [-0.05, 0) is 78.6 Å². The van der Waals surface area contributed by atoms with E-state index in [1.807, 2.05) is 32.0 Å². The number of benzene rings is 3. The van der Waals surface area contributed by atoms with Crippen LogP contribution in [0, 0.1) is 17.6 Å². The summed E-state index contributed by atoms with van der Waals surface area (Å²) in [7, 11) is -3.81. The highest BCUT2D eigenvalue weighted by Gasteiger charge is 2.25. The maximum absolute atomic E-state index is 14.1. The molecule has 0 saturated heterocycles. The van der Waals surface area contributed by atoms with E-state index in [1.54, 1.807) is 18.7 Å². The second-order valence-electron chi connectivity index (χ2n) is 12.8. The molecule has 4 N–H and O–H groups in total. The number of hydrogen-bond donors (Lipinski definition) is 4. The molecule has 0 bridgehead atoms. The fourth-order valence-corrected chi connectivity index (χ4v) is 7.06. The van der Waals surface area contributed by atoms with Crippen LogP contribution in [0.2, 0.25) is 0 Å². The van der Waals surface area contributed by atoms with Crippen molar-refractivity contribution >= 4 is 27.5 Å². The fraction of sp³-hybridized carbons (Fsp3) is 0.459. The molecule has 3 aromatic carbocycles. The van der Waals surface area contributed by atoms with Gasteiger partial charge in [0.15, 0.2) is 0 Å². The first-order chi connectivity index (χ1) is 23.2. The van der Waals surface area contributed by atoms with Crippen LogP contribution in [0.3, 0.4) is 0 Å². The Morgan fingerprint density at radius 2 is 1.49 bits per heavy atom. The Hall–Kier alpha value is -3.87. The molecule has 0 spiro atoms. The molecule has 12 heteroatoms. The summed E-state index contributed by atoms with van der Waals surface area (Å²) in [5, 5.41) is 17.3. The number of anilines is 1. The van der Waals surface area contributed by atoms with Crippen molar-refractivity contribution in [3.63, 3.8) is 0 Å². The lowest BCUT2D eigenvalue weighted by Crippen LogP contribution is -2.48. The van der Waals surface area contributed by atoms with Crippen molar-refractivity contribution in [1.82, 2.24) is 15.5 Å². The molecule has 0 aliphatic carbocycles.